The number of sulfonamides is 1. The Morgan fingerprint density at radius 2 is 1.88 bits per heavy atom. The van der Waals surface area contributed by atoms with Gasteiger partial charge in [-0.2, -0.15) is 0 Å². The SMILES string of the molecule is C=C(C=C(C)C)N(CC(C)C)S(=O)(=O)CC. The standard InChI is InChI=1S/C12H23NO2S/c1-7-16(14,15)13(9-11(4)5)12(6)8-10(2)3/h8,11H,6-7,9H2,1-5H3. The van der Waals surface area contributed by atoms with Crippen LogP contribution in [-0.4, -0.2) is 25.0 Å². The maximum Gasteiger partial charge on any atom is 0.234 e. The van der Waals surface area contributed by atoms with Crippen LogP contribution in [-0.2, 0) is 10.0 Å². The molecule has 4 heteroatoms. The zero-order valence-corrected chi connectivity index (χ0v) is 11.8. The minimum atomic E-state index is -3.21. The molecule has 0 spiro atoms. The van der Waals surface area contributed by atoms with Crippen LogP contribution in [0.4, 0.5) is 0 Å². The van der Waals surface area contributed by atoms with Crippen LogP contribution in [0, 0.1) is 5.92 Å². The molecule has 0 aliphatic carbocycles. The Bertz CT molecular complexity index is 362. The van der Waals surface area contributed by atoms with Crippen LogP contribution < -0.4 is 0 Å². The molecule has 0 aromatic carbocycles. The van der Waals surface area contributed by atoms with Gasteiger partial charge in [0.2, 0.25) is 10.0 Å². The molecule has 0 fully saturated rings. The average molecular weight is 245 g/mol. The van der Waals surface area contributed by atoms with E-state index in [1.807, 2.05) is 27.7 Å². The van der Waals surface area contributed by atoms with E-state index in [4.69, 9.17) is 0 Å². The van der Waals surface area contributed by atoms with E-state index in [1.54, 1.807) is 13.0 Å². The number of rotatable bonds is 6. The van der Waals surface area contributed by atoms with Crippen molar-refractivity contribution in [1.82, 2.24) is 4.31 Å². The summed E-state index contributed by atoms with van der Waals surface area (Å²) in [5.74, 6) is 0.388. The van der Waals surface area contributed by atoms with Crippen molar-refractivity contribution < 1.29 is 8.42 Å². The molecule has 0 unspecified atom stereocenters. The molecule has 0 radical (unpaired) electrons. The normalized spacial score (nSPS) is 11.4. The molecule has 0 N–H and O–H groups in total. The number of hydrogen-bond acceptors (Lipinski definition) is 2. The lowest BCUT2D eigenvalue weighted by atomic mass is 10.2. The van der Waals surface area contributed by atoms with Crippen molar-refractivity contribution in [3.05, 3.63) is 23.9 Å². The molecular weight excluding hydrogens is 222 g/mol. The maximum atomic E-state index is 11.9. The molecule has 0 bridgehead atoms. The lowest BCUT2D eigenvalue weighted by Crippen LogP contribution is -2.33. The molecule has 0 aromatic heterocycles. The van der Waals surface area contributed by atoms with Crippen LogP contribution in [0.2, 0.25) is 0 Å². The third-order valence-electron chi connectivity index (χ3n) is 2.01. The van der Waals surface area contributed by atoms with Crippen molar-refractivity contribution in [3.8, 4) is 0 Å². The summed E-state index contributed by atoms with van der Waals surface area (Å²) in [4.78, 5) is 0. The fourth-order valence-corrected chi connectivity index (χ4v) is 2.55. The molecule has 0 saturated heterocycles. The van der Waals surface area contributed by atoms with Crippen molar-refractivity contribution in [2.75, 3.05) is 12.3 Å². The molecule has 0 aliphatic rings. The van der Waals surface area contributed by atoms with Crippen molar-refractivity contribution in [2.45, 2.75) is 34.6 Å². The zero-order valence-electron chi connectivity index (χ0n) is 10.9. The molecule has 94 valence electrons. The van der Waals surface area contributed by atoms with Gasteiger partial charge in [0.25, 0.3) is 0 Å². The van der Waals surface area contributed by atoms with E-state index in [2.05, 4.69) is 6.58 Å². The minimum Gasteiger partial charge on any atom is -0.271 e. The quantitative estimate of drug-likeness (QED) is 0.675. The van der Waals surface area contributed by atoms with Crippen molar-refractivity contribution in [1.29, 1.82) is 0 Å². The topological polar surface area (TPSA) is 37.4 Å². The Labute approximate surface area is 99.9 Å². The number of hydrogen-bond donors (Lipinski definition) is 0. The monoisotopic (exact) mass is 245 g/mol. The van der Waals surface area contributed by atoms with Crippen molar-refractivity contribution in [3.63, 3.8) is 0 Å². The Morgan fingerprint density at radius 3 is 2.19 bits per heavy atom. The van der Waals surface area contributed by atoms with Crippen LogP contribution in [0.5, 0.6) is 0 Å². The van der Waals surface area contributed by atoms with Crippen LogP contribution in [0.3, 0.4) is 0 Å². The second-order valence-corrected chi connectivity index (χ2v) is 6.72. The first kappa shape index (κ1) is 15.2. The molecule has 0 aliphatic heterocycles. The van der Waals surface area contributed by atoms with E-state index in [9.17, 15) is 8.42 Å². The summed E-state index contributed by atoms with van der Waals surface area (Å²) < 4.78 is 25.2. The molecule has 0 rings (SSSR count). The summed E-state index contributed by atoms with van der Waals surface area (Å²) in [6.45, 7) is 13.8. The van der Waals surface area contributed by atoms with Gasteiger partial charge in [0.1, 0.15) is 0 Å². The zero-order chi connectivity index (χ0) is 12.9. The van der Waals surface area contributed by atoms with Gasteiger partial charge in [-0.05, 0) is 32.8 Å². The molecular formula is C12H23NO2S. The summed E-state index contributed by atoms with van der Waals surface area (Å²) in [6, 6.07) is 0. The highest BCUT2D eigenvalue weighted by Crippen LogP contribution is 2.15. The summed E-state index contributed by atoms with van der Waals surface area (Å²) in [5, 5.41) is 0. The Balaban J connectivity index is 5.11. The lowest BCUT2D eigenvalue weighted by Gasteiger charge is -2.26. The highest BCUT2D eigenvalue weighted by Gasteiger charge is 2.21. The second-order valence-electron chi connectivity index (χ2n) is 4.54. The van der Waals surface area contributed by atoms with Crippen LogP contribution in [0.15, 0.2) is 23.9 Å². The van der Waals surface area contributed by atoms with E-state index < -0.39 is 10.0 Å². The first-order chi connectivity index (χ1) is 7.20. The van der Waals surface area contributed by atoms with Crippen LogP contribution in [0.1, 0.15) is 34.6 Å². The summed E-state index contributed by atoms with van der Waals surface area (Å²) in [7, 11) is -3.21. The largest absolute Gasteiger partial charge is 0.271 e. The Hall–Kier alpha value is -0.770. The molecule has 0 atom stereocenters. The van der Waals surface area contributed by atoms with Gasteiger partial charge in [-0.15, -0.1) is 0 Å². The third kappa shape index (κ3) is 4.84. The minimum absolute atomic E-state index is 0.106. The Kier molecular flexibility index (Phi) is 5.79. The van der Waals surface area contributed by atoms with Gasteiger partial charge in [-0.3, -0.25) is 4.31 Å². The third-order valence-corrected chi connectivity index (χ3v) is 3.79. The molecule has 0 aromatic rings. The second kappa shape index (κ2) is 6.09. The van der Waals surface area contributed by atoms with Crippen LogP contribution in [0.25, 0.3) is 0 Å². The highest BCUT2D eigenvalue weighted by molar-refractivity contribution is 7.89. The fraction of sp³-hybridized carbons (Fsp3) is 0.667. The predicted molar refractivity (Wildman–Crippen MR) is 69.6 cm³/mol. The Morgan fingerprint density at radius 1 is 1.38 bits per heavy atom. The van der Waals surface area contributed by atoms with Gasteiger partial charge in [-0.25, -0.2) is 8.42 Å². The molecule has 3 nitrogen and oxygen atoms in total. The van der Waals surface area contributed by atoms with Crippen LogP contribution >= 0.6 is 0 Å². The van der Waals surface area contributed by atoms with E-state index in [-0.39, 0.29) is 11.7 Å². The lowest BCUT2D eigenvalue weighted by molar-refractivity contribution is 0.431. The van der Waals surface area contributed by atoms with Gasteiger partial charge in [0, 0.05) is 12.2 Å². The highest BCUT2D eigenvalue weighted by atomic mass is 32.2. The summed E-state index contributed by atoms with van der Waals surface area (Å²) >= 11 is 0. The van der Waals surface area contributed by atoms with Gasteiger partial charge in [-0.1, -0.05) is 26.0 Å². The van der Waals surface area contributed by atoms with Gasteiger partial charge in [0.05, 0.1) is 5.75 Å². The molecule has 16 heavy (non-hydrogen) atoms. The van der Waals surface area contributed by atoms with E-state index >= 15 is 0 Å². The maximum absolute atomic E-state index is 11.9. The predicted octanol–water partition coefficient (Wildman–Crippen LogP) is 2.77. The summed E-state index contributed by atoms with van der Waals surface area (Å²) in [5.41, 5.74) is 1.60. The van der Waals surface area contributed by atoms with Gasteiger partial charge in [0.15, 0.2) is 0 Å². The summed E-state index contributed by atoms with van der Waals surface area (Å²) in [6.07, 6.45) is 1.80. The first-order valence-electron chi connectivity index (χ1n) is 5.55. The molecule has 0 amide bonds. The average Bonchev–Trinajstić information content (AvgIpc) is 2.12. The molecule has 0 heterocycles. The number of nitrogens with zero attached hydrogens (tertiary/aromatic N) is 1. The van der Waals surface area contributed by atoms with E-state index in [1.165, 1.54) is 4.31 Å². The molecule has 0 saturated carbocycles. The van der Waals surface area contributed by atoms with E-state index in [0.29, 0.717) is 12.2 Å². The van der Waals surface area contributed by atoms with E-state index in [0.717, 1.165) is 5.57 Å². The van der Waals surface area contributed by atoms with Crippen molar-refractivity contribution >= 4 is 10.0 Å². The number of allylic oxidation sites excluding steroid dienone is 2. The van der Waals surface area contributed by atoms with Gasteiger partial charge >= 0.3 is 0 Å². The smallest absolute Gasteiger partial charge is 0.234 e. The first-order valence-corrected chi connectivity index (χ1v) is 7.15. The van der Waals surface area contributed by atoms with Crippen molar-refractivity contribution in [2.24, 2.45) is 5.92 Å². The van der Waals surface area contributed by atoms with Gasteiger partial charge < -0.3 is 0 Å². The fourth-order valence-electron chi connectivity index (χ4n) is 1.30.